The Labute approximate surface area is 129 Å². The van der Waals surface area contributed by atoms with Gasteiger partial charge in [0.2, 0.25) is 15.9 Å². The lowest BCUT2D eigenvalue weighted by molar-refractivity contribution is -0.133. The van der Waals surface area contributed by atoms with E-state index in [0.717, 1.165) is 0 Å². The second kappa shape index (κ2) is 6.31. The Kier molecular flexibility index (Phi) is 4.88. The lowest BCUT2D eigenvalue weighted by atomic mass is 10.2. The molecule has 21 heavy (non-hydrogen) atoms. The average Bonchev–Trinajstić information content (AvgIpc) is 2.47. The Hall–Kier alpha value is -1.15. The largest absolute Gasteiger partial charge is 0.339 e. The van der Waals surface area contributed by atoms with Gasteiger partial charge in [-0.3, -0.25) is 4.79 Å². The third-order valence-corrected chi connectivity index (χ3v) is 5.56. The monoisotopic (exact) mass is 331 g/mol. The van der Waals surface area contributed by atoms with Gasteiger partial charge in [-0.1, -0.05) is 11.6 Å². The molecule has 2 N–H and O–H groups in total. The molecule has 0 bridgehead atoms. The Bertz CT molecular complexity index is 608. The molecule has 0 spiro atoms. The van der Waals surface area contributed by atoms with Crippen molar-refractivity contribution >= 4 is 27.5 Å². The fourth-order valence-corrected chi connectivity index (χ4v) is 3.74. The number of nitrogens with zero attached hydrogens (tertiary/aromatic N) is 2. The first-order valence-corrected chi connectivity index (χ1v) is 8.44. The third-order valence-electron chi connectivity index (χ3n) is 3.39. The summed E-state index contributed by atoms with van der Waals surface area (Å²) in [5.41, 5.74) is 5.56. The molecule has 1 saturated heterocycles. The first-order valence-electron chi connectivity index (χ1n) is 6.62. The number of hydrogen-bond donors (Lipinski definition) is 1. The van der Waals surface area contributed by atoms with Crippen LogP contribution in [0.3, 0.4) is 0 Å². The zero-order valence-corrected chi connectivity index (χ0v) is 13.3. The molecule has 1 unspecified atom stereocenters. The molecule has 0 aromatic heterocycles. The molecule has 1 amide bonds. The molecule has 1 aromatic carbocycles. The average molecular weight is 332 g/mol. The minimum atomic E-state index is -3.54. The standard InChI is InChI=1S/C13H18ClN3O3S/c1-10(15)13(18)16-6-8-17(9-7-16)21(19,20)12-4-2-11(14)3-5-12/h2-5,10H,6-9,15H2,1H3. The summed E-state index contributed by atoms with van der Waals surface area (Å²) in [7, 11) is -3.54. The fourth-order valence-electron chi connectivity index (χ4n) is 2.19. The van der Waals surface area contributed by atoms with E-state index >= 15 is 0 Å². The SMILES string of the molecule is CC(N)C(=O)N1CCN(S(=O)(=O)c2ccc(Cl)cc2)CC1. The predicted octanol–water partition coefficient (Wildman–Crippen LogP) is 0.520. The molecule has 1 atom stereocenters. The molecule has 6 nitrogen and oxygen atoms in total. The van der Waals surface area contributed by atoms with Gasteiger partial charge in [0.1, 0.15) is 0 Å². The van der Waals surface area contributed by atoms with Crippen LogP contribution in [0.2, 0.25) is 5.02 Å². The van der Waals surface area contributed by atoms with Crippen molar-refractivity contribution in [3.05, 3.63) is 29.3 Å². The topological polar surface area (TPSA) is 83.7 Å². The summed E-state index contributed by atoms with van der Waals surface area (Å²) in [5.74, 6) is -0.154. The Morgan fingerprint density at radius 3 is 2.19 bits per heavy atom. The number of rotatable bonds is 3. The number of amides is 1. The lowest BCUT2D eigenvalue weighted by Gasteiger charge is -2.34. The minimum absolute atomic E-state index is 0.154. The summed E-state index contributed by atoms with van der Waals surface area (Å²) < 4.78 is 26.3. The van der Waals surface area contributed by atoms with Crippen molar-refractivity contribution in [2.24, 2.45) is 5.73 Å². The molecule has 1 heterocycles. The summed E-state index contributed by atoms with van der Waals surface area (Å²) in [6.07, 6.45) is 0. The van der Waals surface area contributed by atoms with Gasteiger partial charge in [-0.2, -0.15) is 4.31 Å². The van der Waals surface area contributed by atoms with Gasteiger partial charge >= 0.3 is 0 Å². The van der Waals surface area contributed by atoms with Crippen LogP contribution < -0.4 is 5.73 Å². The van der Waals surface area contributed by atoms with E-state index in [4.69, 9.17) is 17.3 Å². The highest BCUT2D eigenvalue weighted by molar-refractivity contribution is 7.89. The van der Waals surface area contributed by atoms with E-state index in [2.05, 4.69) is 0 Å². The normalized spacial score (nSPS) is 18.5. The minimum Gasteiger partial charge on any atom is -0.339 e. The van der Waals surface area contributed by atoms with Crippen molar-refractivity contribution in [3.63, 3.8) is 0 Å². The first kappa shape index (κ1) is 16.2. The Morgan fingerprint density at radius 1 is 1.19 bits per heavy atom. The molecule has 1 aliphatic rings. The van der Waals surface area contributed by atoms with Crippen molar-refractivity contribution in [2.75, 3.05) is 26.2 Å². The molecular formula is C13H18ClN3O3S. The third kappa shape index (κ3) is 3.55. The van der Waals surface area contributed by atoms with Crippen LogP contribution in [0.25, 0.3) is 0 Å². The summed E-state index contributed by atoms with van der Waals surface area (Å²) in [6, 6.07) is 5.49. The van der Waals surface area contributed by atoms with E-state index in [0.29, 0.717) is 18.1 Å². The molecule has 1 aromatic rings. The molecule has 8 heteroatoms. The molecule has 0 radical (unpaired) electrons. The van der Waals surface area contributed by atoms with Crippen molar-refractivity contribution in [2.45, 2.75) is 17.9 Å². The molecule has 116 valence electrons. The van der Waals surface area contributed by atoms with Gasteiger partial charge in [0.05, 0.1) is 10.9 Å². The quantitative estimate of drug-likeness (QED) is 0.875. The van der Waals surface area contributed by atoms with Crippen LogP contribution in [0, 0.1) is 0 Å². The van der Waals surface area contributed by atoms with E-state index in [1.54, 1.807) is 24.0 Å². The van der Waals surface area contributed by atoms with E-state index in [1.807, 2.05) is 0 Å². The van der Waals surface area contributed by atoms with Crippen LogP contribution in [0.4, 0.5) is 0 Å². The van der Waals surface area contributed by atoms with Gasteiger partial charge in [0, 0.05) is 31.2 Å². The number of carbonyl (C=O) groups excluding carboxylic acids is 1. The maximum atomic E-state index is 12.5. The predicted molar refractivity (Wildman–Crippen MR) is 80.4 cm³/mol. The van der Waals surface area contributed by atoms with Gasteiger partial charge in [-0.25, -0.2) is 8.42 Å². The maximum Gasteiger partial charge on any atom is 0.243 e. The molecule has 1 fully saturated rings. The Balaban J connectivity index is 2.07. The van der Waals surface area contributed by atoms with Crippen molar-refractivity contribution in [1.29, 1.82) is 0 Å². The molecule has 0 aliphatic carbocycles. The van der Waals surface area contributed by atoms with Gasteiger partial charge < -0.3 is 10.6 Å². The van der Waals surface area contributed by atoms with E-state index in [-0.39, 0.29) is 23.9 Å². The summed E-state index contributed by atoms with van der Waals surface area (Å²) in [4.78, 5) is 13.6. The fraction of sp³-hybridized carbons (Fsp3) is 0.462. The Morgan fingerprint density at radius 2 is 1.71 bits per heavy atom. The summed E-state index contributed by atoms with van der Waals surface area (Å²) >= 11 is 5.77. The van der Waals surface area contributed by atoms with Gasteiger partial charge in [0.25, 0.3) is 0 Å². The number of carbonyl (C=O) groups is 1. The summed E-state index contributed by atoms with van der Waals surface area (Å²) in [5, 5.41) is 0.487. The van der Waals surface area contributed by atoms with E-state index in [9.17, 15) is 13.2 Å². The van der Waals surface area contributed by atoms with Crippen LogP contribution in [0.5, 0.6) is 0 Å². The summed E-state index contributed by atoms with van der Waals surface area (Å²) in [6.45, 7) is 2.87. The molecule has 0 saturated carbocycles. The van der Waals surface area contributed by atoms with Crippen LogP contribution in [0.1, 0.15) is 6.92 Å². The molecule has 2 rings (SSSR count). The highest BCUT2D eigenvalue weighted by Gasteiger charge is 2.30. The number of benzene rings is 1. The van der Waals surface area contributed by atoms with Crippen LogP contribution >= 0.6 is 11.6 Å². The second-order valence-corrected chi connectivity index (χ2v) is 7.35. The van der Waals surface area contributed by atoms with Gasteiger partial charge in [0.15, 0.2) is 0 Å². The second-order valence-electron chi connectivity index (χ2n) is 4.97. The van der Waals surface area contributed by atoms with Crippen molar-refractivity contribution < 1.29 is 13.2 Å². The first-order chi connectivity index (χ1) is 9.82. The van der Waals surface area contributed by atoms with Crippen LogP contribution in [-0.2, 0) is 14.8 Å². The van der Waals surface area contributed by atoms with Crippen LogP contribution in [0.15, 0.2) is 29.2 Å². The lowest BCUT2D eigenvalue weighted by Crippen LogP contribution is -2.53. The number of nitrogens with two attached hydrogens (primary N) is 1. The smallest absolute Gasteiger partial charge is 0.243 e. The number of halogens is 1. The van der Waals surface area contributed by atoms with E-state index in [1.165, 1.54) is 16.4 Å². The van der Waals surface area contributed by atoms with E-state index < -0.39 is 16.1 Å². The maximum absolute atomic E-state index is 12.5. The number of piperazine rings is 1. The van der Waals surface area contributed by atoms with Gasteiger partial charge in [-0.05, 0) is 31.2 Å². The zero-order chi connectivity index (χ0) is 15.6. The molecular weight excluding hydrogens is 314 g/mol. The van der Waals surface area contributed by atoms with Crippen molar-refractivity contribution in [3.8, 4) is 0 Å². The molecule has 1 aliphatic heterocycles. The van der Waals surface area contributed by atoms with Crippen LogP contribution in [-0.4, -0.2) is 55.8 Å². The number of sulfonamides is 1. The zero-order valence-electron chi connectivity index (χ0n) is 11.7. The highest BCUT2D eigenvalue weighted by atomic mass is 35.5. The van der Waals surface area contributed by atoms with Gasteiger partial charge in [-0.15, -0.1) is 0 Å². The highest BCUT2D eigenvalue weighted by Crippen LogP contribution is 2.19. The van der Waals surface area contributed by atoms with Crippen molar-refractivity contribution in [1.82, 2.24) is 9.21 Å². The number of hydrogen-bond acceptors (Lipinski definition) is 4.